The lowest BCUT2D eigenvalue weighted by Gasteiger charge is -2.17. The van der Waals surface area contributed by atoms with Gasteiger partial charge in [0.15, 0.2) is 0 Å². The quantitative estimate of drug-likeness (QED) is 0.808. The van der Waals surface area contributed by atoms with Crippen molar-refractivity contribution in [3.8, 4) is 6.07 Å². The Morgan fingerprint density at radius 2 is 2.33 bits per heavy atom. The fourth-order valence-electron chi connectivity index (χ4n) is 1.44. The van der Waals surface area contributed by atoms with E-state index in [2.05, 4.69) is 10.1 Å². The molecule has 5 nitrogen and oxygen atoms in total. The van der Waals surface area contributed by atoms with Crippen LogP contribution in [0.3, 0.4) is 0 Å². The van der Waals surface area contributed by atoms with Crippen molar-refractivity contribution in [2.75, 3.05) is 19.0 Å². The van der Waals surface area contributed by atoms with Gasteiger partial charge < -0.3 is 15.2 Å². The van der Waals surface area contributed by atoms with E-state index >= 15 is 0 Å². The van der Waals surface area contributed by atoms with Crippen LogP contribution >= 0.6 is 11.6 Å². The summed E-state index contributed by atoms with van der Waals surface area (Å²) in [7, 11) is 1.24. The van der Waals surface area contributed by atoms with E-state index < -0.39 is 18.6 Å². The van der Waals surface area contributed by atoms with Crippen LogP contribution in [0.4, 0.5) is 5.69 Å². The van der Waals surface area contributed by atoms with E-state index in [1.807, 2.05) is 6.07 Å². The van der Waals surface area contributed by atoms with E-state index in [0.29, 0.717) is 21.8 Å². The largest absolute Gasteiger partial charge is 0.467 e. The van der Waals surface area contributed by atoms with Gasteiger partial charge in [0.1, 0.15) is 12.1 Å². The Morgan fingerprint density at radius 1 is 1.67 bits per heavy atom. The first-order valence-electron chi connectivity index (χ1n) is 5.19. The van der Waals surface area contributed by atoms with E-state index in [4.69, 9.17) is 22.0 Å². The number of nitriles is 1. The highest BCUT2D eigenvalue weighted by Gasteiger charge is 2.19. The molecule has 96 valence electrons. The summed E-state index contributed by atoms with van der Waals surface area (Å²) in [6, 6.07) is 4.28. The van der Waals surface area contributed by atoms with Crippen LogP contribution in [0.1, 0.15) is 11.1 Å². The minimum Gasteiger partial charge on any atom is -0.467 e. The van der Waals surface area contributed by atoms with Crippen molar-refractivity contribution in [2.24, 2.45) is 0 Å². The number of methoxy groups -OCH3 is 1. The van der Waals surface area contributed by atoms with Crippen LogP contribution in [0.15, 0.2) is 12.1 Å². The predicted octanol–water partition coefficient (Wildman–Crippen LogP) is 1.47. The molecule has 0 saturated heterocycles. The molecule has 2 N–H and O–H groups in total. The van der Waals surface area contributed by atoms with Crippen molar-refractivity contribution < 1.29 is 14.6 Å². The number of esters is 1. The van der Waals surface area contributed by atoms with Gasteiger partial charge in [-0.05, 0) is 24.6 Å². The lowest BCUT2D eigenvalue weighted by Crippen LogP contribution is -2.34. The van der Waals surface area contributed by atoms with Gasteiger partial charge in [-0.2, -0.15) is 5.26 Å². The third kappa shape index (κ3) is 2.92. The van der Waals surface area contributed by atoms with Crippen molar-refractivity contribution in [3.05, 3.63) is 28.3 Å². The van der Waals surface area contributed by atoms with Gasteiger partial charge in [0.25, 0.3) is 0 Å². The van der Waals surface area contributed by atoms with E-state index in [1.165, 1.54) is 7.11 Å². The monoisotopic (exact) mass is 268 g/mol. The third-order valence-corrected chi connectivity index (χ3v) is 2.99. The zero-order valence-electron chi connectivity index (χ0n) is 10.0. The first kappa shape index (κ1) is 14.3. The van der Waals surface area contributed by atoms with E-state index in [1.54, 1.807) is 19.1 Å². The van der Waals surface area contributed by atoms with Gasteiger partial charge >= 0.3 is 5.97 Å². The van der Waals surface area contributed by atoms with Crippen LogP contribution in [0.5, 0.6) is 0 Å². The van der Waals surface area contributed by atoms with Crippen molar-refractivity contribution in [2.45, 2.75) is 13.0 Å². The Morgan fingerprint density at radius 3 is 2.83 bits per heavy atom. The molecule has 1 aromatic carbocycles. The molecule has 0 fully saturated rings. The number of rotatable bonds is 4. The number of halogens is 1. The number of aliphatic hydroxyl groups is 1. The molecule has 0 bridgehead atoms. The summed E-state index contributed by atoms with van der Waals surface area (Å²) in [5, 5.41) is 21.1. The van der Waals surface area contributed by atoms with Gasteiger partial charge in [0.2, 0.25) is 0 Å². The Labute approximate surface area is 110 Å². The SMILES string of the molecule is COC(=O)[C@@H](CO)Nc1ccc(C#N)c(Cl)c1C. The molecule has 0 saturated carbocycles. The zero-order chi connectivity index (χ0) is 13.7. The number of carbonyl (C=O) groups excluding carboxylic acids is 1. The Bertz CT molecular complexity index is 497. The van der Waals surface area contributed by atoms with Crippen molar-refractivity contribution in [1.82, 2.24) is 0 Å². The van der Waals surface area contributed by atoms with Crippen molar-refractivity contribution in [1.29, 1.82) is 5.26 Å². The molecule has 1 atom stereocenters. The van der Waals surface area contributed by atoms with Crippen LogP contribution in [0, 0.1) is 18.3 Å². The van der Waals surface area contributed by atoms with Gasteiger partial charge in [0, 0.05) is 5.69 Å². The van der Waals surface area contributed by atoms with Crippen LogP contribution in [-0.2, 0) is 9.53 Å². The molecular formula is C12H13ClN2O3. The number of aliphatic hydroxyl groups excluding tert-OH is 1. The number of benzene rings is 1. The van der Waals surface area contributed by atoms with Gasteiger partial charge in [-0.3, -0.25) is 0 Å². The maximum atomic E-state index is 11.3. The molecular weight excluding hydrogens is 256 g/mol. The fourth-order valence-corrected chi connectivity index (χ4v) is 1.64. The maximum Gasteiger partial charge on any atom is 0.330 e. The molecule has 0 radical (unpaired) electrons. The molecule has 6 heteroatoms. The summed E-state index contributed by atoms with van der Waals surface area (Å²) >= 11 is 6.00. The first-order valence-corrected chi connectivity index (χ1v) is 5.57. The van der Waals surface area contributed by atoms with E-state index in [0.717, 1.165) is 0 Å². The molecule has 0 spiro atoms. The number of ether oxygens (including phenoxy) is 1. The molecule has 18 heavy (non-hydrogen) atoms. The first-order chi connectivity index (χ1) is 8.54. The fraction of sp³-hybridized carbons (Fsp3) is 0.333. The van der Waals surface area contributed by atoms with Crippen LogP contribution in [-0.4, -0.2) is 30.8 Å². The third-order valence-electron chi connectivity index (χ3n) is 2.50. The molecule has 1 rings (SSSR count). The van der Waals surface area contributed by atoms with Crippen molar-refractivity contribution in [3.63, 3.8) is 0 Å². The number of hydrogen-bond donors (Lipinski definition) is 2. The smallest absolute Gasteiger partial charge is 0.330 e. The molecule has 0 unspecified atom stereocenters. The van der Waals surface area contributed by atoms with E-state index in [9.17, 15) is 4.79 Å². The maximum absolute atomic E-state index is 11.3. The highest BCUT2D eigenvalue weighted by atomic mass is 35.5. The number of carbonyl (C=O) groups is 1. The highest BCUT2D eigenvalue weighted by Crippen LogP contribution is 2.27. The van der Waals surface area contributed by atoms with Gasteiger partial charge in [-0.15, -0.1) is 0 Å². The van der Waals surface area contributed by atoms with Crippen molar-refractivity contribution >= 4 is 23.3 Å². The van der Waals surface area contributed by atoms with E-state index in [-0.39, 0.29) is 0 Å². The summed E-state index contributed by atoms with van der Waals surface area (Å²) in [5.74, 6) is -0.572. The van der Waals surface area contributed by atoms with Crippen LogP contribution in [0.2, 0.25) is 5.02 Å². The summed E-state index contributed by atoms with van der Waals surface area (Å²) in [4.78, 5) is 11.3. The Hall–Kier alpha value is -1.77. The number of nitrogens with one attached hydrogen (secondary N) is 1. The second-order valence-corrected chi connectivity index (χ2v) is 3.99. The molecule has 0 aliphatic rings. The lowest BCUT2D eigenvalue weighted by molar-refractivity contribution is -0.142. The second kappa shape index (κ2) is 6.24. The summed E-state index contributed by atoms with van der Waals surface area (Å²) in [6.07, 6.45) is 0. The predicted molar refractivity (Wildman–Crippen MR) is 67.4 cm³/mol. The second-order valence-electron chi connectivity index (χ2n) is 3.61. The Balaban J connectivity index is 3.02. The van der Waals surface area contributed by atoms with Gasteiger partial charge in [-0.25, -0.2) is 4.79 Å². The summed E-state index contributed by atoms with van der Waals surface area (Å²) in [5.41, 5.74) is 1.57. The molecule has 1 aromatic rings. The van der Waals surface area contributed by atoms with Gasteiger partial charge in [-0.1, -0.05) is 11.6 Å². The number of anilines is 1. The summed E-state index contributed by atoms with van der Waals surface area (Å²) < 4.78 is 4.54. The molecule has 0 amide bonds. The average Bonchev–Trinajstić information content (AvgIpc) is 2.39. The van der Waals surface area contributed by atoms with Gasteiger partial charge in [0.05, 0.1) is 24.3 Å². The molecule has 0 aromatic heterocycles. The van der Waals surface area contributed by atoms with Crippen LogP contribution in [0.25, 0.3) is 0 Å². The summed E-state index contributed by atoms with van der Waals surface area (Å²) in [6.45, 7) is 1.32. The number of hydrogen-bond acceptors (Lipinski definition) is 5. The topological polar surface area (TPSA) is 82.3 Å². The highest BCUT2D eigenvalue weighted by molar-refractivity contribution is 6.32. The molecule has 0 heterocycles. The normalized spacial score (nSPS) is 11.5. The minimum absolute atomic E-state index is 0.323. The number of nitrogens with zero attached hydrogens (tertiary/aromatic N) is 1. The minimum atomic E-state index is -0.863. The average molecular weight is 269 g/mol. The lowest BCUT2D eigenvalue weighted by atomic mass is 10.1. The van der Waals surface area contributed by atoms with Crippen LogP contribution < -0.4 is 5.32 Å². The zero-order valence-corrected chi connectivity index (χ0v) is 10.8. The standard InChI is InChI=1S/C12H13ClN2O3/c1-7-9(4-3-8(5-14)11(7)13)15-10(6-16)12(17)18-2/h3-4,10,15-16H,6H2,1-2H3/t10-/m1/s1. The molecule has 0 aliphatic heterocycles. The molecule has 0 aliphatic carbocycles. The Kier molecular flexibility index (Phi) is 4.95.